The first-order valence-electron chi connectivity index (χ1n) is 12.3. The van der Waals surface area contributed by atoms with Crippen molar-refractivity contribution in [3.8, 4) is 0 Å². The van der Waals surface area contributed by atoms with Gasteiger partial charge in [-0.15, -0.1) is 0 Å². The Morgan fingerprint density at radius 3 is 1.47 bits per heavy atom. The summed E-state index contributed by atoms with van der Waals surface area (Å²) in [4.78, 5) is 26.2. The van der Waals surface area contributed by atoms with Crippen molar-refractivity contribution in [3.63, 3.8) is 0 Å². The van der Waals surface area contributed by atoms with E-state index in [1.54, 1.807) is 0 Å². The predicted octanol–water partition coefficient (Wildman–Crippen LogP) is 4.29. The van der Waals surface area contributed by atoms with E-state index < -0.39 is 44.9 Å². The molecule has 0 aromatic rings. The molecule has 182 valence electrons. The summed E-state index contributed by atoms with van der Waals surface area (Å²) >= 11 is 0. The highest BCUT2D eigenvalue weighted by atomic mass is 32.2. The average molecular weight is 471 g/mol. The Hall–Kier alpha value is -1.15. The van der Waals surface area contributed by atoms with Crippen LogP contribution in [0.5, 0.6) is 0 Å². The van der Waals surface area contributed by atoms with Gasteiger partial charge < -0.3 is 9.47 Å². The molecule has 4 atom stereocenters. The zero-order chi connectivity index (χ0) is 23.1. The molecule has 0 spiro atoms. The molecular weight excluding hydrogens is 432 g/mol. The molecule has 0 saturated heterocycles. The number of hydrogen-bond acceptors (Lipinski definition) is 6. The van der Waals surface area contributed by atoms with Crippen LogP contribution in [0.15, 0.2) is 0 Å². The molecule has 8 heteroatoms. The van der Waals surface area contributed by atoms with Crippen molar-refractivity contribution >= 4 is 22.1 Å². The van der Waals surface area contributed by atoms with Gasteiger partial charge in [0.2, 0.25) is 0 Å². The second kappa shape index (κ2) is 8.90. The van der Waals surface area contributed by atoms with Crippen molar-refractivity contribution < 1.29 is 32.0 Å². The highest BCUT2D eigenvalue weighted by Gasteiger charge is 2.47. The summed E-state index contributed by atoms with van der Waals surface area (Å²) in [5.41, 5.74) is -1.43. The van der Waals surface area contributed by atoms with Crippen LogP contribution in [-0.4, -0.2) is 41.9 Å². The van der Waals surface area contributed by atoms with E-state index in [1.807, 2.05) is 13.8 Å². The van der Waals surface area contributed by atoms with E-state index in [9.17, 15) is 22.6 Å². The molecule has 4 rings (SSSR count). The van der Waals surface area contributed by atoms with Crippen LogP contribution < -0.4 is 0 Å². The second-order valence-corrected chi connectivity index (χ2v) is 13.2. The molecular formula is C24H38O7S. The quantitative estimate of drug-likeness (QED) is 0.350. The summed E-state index contributed by atoms with van der Waals surface area (Å²) in [5, 5.41) is 0. The van der Waals surface area contributed by atoms with E-state index in [1.165, 1.54) is 12.8 Å². The zero-order valence-electron chi connectivity index (χ0n) is 19.4. The Morgan fingerprint density at radius 2 is 1.16 bits per heavy atom. The number of ether oxygens (including phenoxy) is 2. The largest absolute Gasteiger partial charge is 0.459 e. The third-order valence-electron chi connectivity index (χ3n) is 8.31. The molecule has 32 heavy (non-hydrogen) atoms. The van der Waals surface area contributed by atoms with E-state index >= 15 is 0 Å². The fourth-order valence-corrected chi connectivity index (χ4v) is 8.09. The predicted molar refractivity (Wildman–Crippen MR) is 118 cm³/mol. The monoisotopic (exact) mass is 470 g/mol. The van der Waals surface area contributed by atoms with Crippen molar-refractivity contribution in [2.24, 2.45) is 29.6 Å². The maximum Gasteiger partial charge on any atom is 0.322 e. The lowest BCUT2D eigenvalue weighted by Gasteiger charge is -2.46. The van der Waals surface area contributed by atoms with Crippen LogP contribution in [0, 0.1) is 29.6 Å². The van der Waals surface area contributed by atoms with Crippen molar-refractivity contribution in [3.05, 3.63) is 0 Å². The number of hydrogen-bond donors (Lipinski definition) is 1. The number of rotatable bonds is 6. The first-order valence-corrected chi connectivity index (χ1v) is 13.9. The van der Waals surface area contributed by atoms with Gasteiger partial charge in [-0.05, 0) is 76.0 Å². The Bertz CT molecular complexity index is 759. The van der Waals surface area contributed by atoms with Crippen LogP contribution in [-0.2, 0) is 29.2 Å². The van der Waals surface area contributed by atoms with Gasteiger partial charge in [0.05, 0.1) is 5.75 Å². The third kappa shape index (κ3) is 5.85. The smallest absolute Gasteiger partial charge is 0.322 e. The molecule has 4 saturated carbocycles. The lowest BCUT2D eigenvalue weighted by molar-refractivity contribution is -0.184. The fourth-order valence-electron chi connectivity index (χ4n) is 7.39. The van der Waals surface area contributed by atoms with Crippen molar-refractivity contribution in [1.82, 2.24) is 0 Å². The van der Waals surface area contributed by atoms with E-state index in [0.29, 0.717) is 23.7 Å². The summed E-state index contributed by atoms with van der Waals surface area (Å²) in [7, 11) is -4.57. The van der Waals surface area contributed by atoms with Crippen molar-refractivity contribution in [1.29, 1.82) is 0 Å². The van der Waals surface area contributed by atoms with Crippen LogP contribution in [0.4, 0.5) is 0 Å². The Morgan fingerprint density at radius 1 is 0.812 bits per heavy atom. The van der Waals surface area contributed by atoms with Crippen LogP contribution in [0.2, 0.25) is 0 Å². The van der Waals surface area contributed by atoms with E-state index in [2.05, 4.69) is 0 Å². The van der Waals surface area contributed by atoms with Crippen molar-refractivity contribution in [2.45, 2.75) is 102 Å². The van der Waals surface area contributed by atoms with E-state index in [-0.39, 0.29) is 0 Å². The van der Waals surface area contributed by atoms with Gasteiger partial charge >= 0.3 is 11.9 Å². The molecule has 0 heterocycles. The van der Waals surface area contributed by atoms with Crippen LogP contribution in [0.1, 0.15) is 90.9 Å². The lowest BCUT2D eigenvalue weighted by Crippen LogP contribution is -2.48. The van der Waals surface area contributed by atoms with Gasteiger partial charge in [0.1, 0.15) is 11.2 Å². The SMILES string of the molecule is CC1(OC(=O)C(CS(=O)(=O)O)C(=O)OC2(C)CC3CCCC(C3)C2)CC2CCCC(C2)C1. The lowest BCUT2D eigenvalue weighted by atomic mass is 9.66. The van der Waals surface area contributed by atoms with Gasteiger partial charge in [-0.1, -0.05) is 38.5 Å². The van der Waals surface area contributed by atoms with Crippen LogP contribution >= 0.6 is 0 Å². The molecule has 4 aliphatic carbocycles. The van der Waals surface area contributed by atoms with Crippen LogP contribution in [0.25, 0.3) is 0 Å². The van der Waals surface area contributed by atoms with Crippen molar-refractivity contribution in [2.75, 3.05) is 5.75 Å². The molecule has 4 bridgehead atoms. The van der Waals surface area contributed by atoms with Crippen LogP contribution in [0.3, 0.4) is 0 Å². The maximum absolute atomic E-state index is 13.1. The molecule has 0 aromatic heterocycles. The molecule has 0 aromatic carbocycles. The van der Waals surface area contributed by atoms with Gasteiger partial charge in [0.15, 0.2) is 5.92 Å². The fraction of sp³-hybridized carbons (Fsp3) is 0.917. The van der Waals surface area contributed by atoms with Gasteiger partial charge in [-0.3, -0.25) is 14.1 Å². The highest BCUT2D eigenvalue weighted by Crippen LogP contribution is 2.47. The number of esters is 2. The van der Waals surface area contributed by atoms with Gasteiger partial charge in [0.25, 0.3) is 10.1 Å². The van der Waals surface area contributed by atoms with E-state index in [4.69, 9.17) is 9.47 Å². The highest BCUT2D eigenvalue weighted by molar-refractivity contribution is 7.85. The summed E-state index contributed by atoms with van der Waals surface area (Å²) < 4.78 is 44.4. The van der Waals surface area contributed by atoms with Gasteiger partial charge in [-0.25, -0.2) is 0 Å². The third-order valence-corrected chi connectivity index (χ3v) is 9.06. The summed E-state index contributed by atoms with van der Waals surface area (Å²) in [5.74, 6) is -2.48. The molecule has 0 aliphatic heterocycles. The molecule has 4 aliphatic rings. The molecule has 7 nitrogen and oxygen atoms in total. The molecule has 4 fully saturated rings. The minimum atomic E-state index is -4.57. The first kappa shape index (κ1) is 24.0. The van der Waals surface area contributed by atoms with E-state index in [0.717, 1.165) is 64.2 Å². The summed E-state index contributed by atoms with van der Waals surface area (Å²) in [6.07, 6.45) is 12.0. The minimum Gasteiger partial charge on any atom is -0.459 e. The number of carbonyl (C=O) groups is 2. The van der Waals surface area contributed by atoms with Gasteiger partial charge in [-0.2, -0.15) is 8.42 Å². The standard InChI is InChI=1S/C24H38O7S/c1-23(11-16-5-3-6-17(9-16)12-23)30-21(25)20(15-32(27,28)29)22(26)31-24(2)13-18-7-4-8-19(10-18)14-24/h16-20H,3-15H2,1-2H3,(H,27,28,29). The number of carbonyl (C=O) groups excluding carboxylic acids is 2. The number of fused-ring (bicyclic) bond motifs is 4. The topological polar surface area (TPSA) is 107 Å². The summed E-state index contributed by atoms with van der Waals surface area (Å²) in [6.45, 7) is 3.77. The Balaban J connectivity index is 1.46. The Kier molecular flexibility index (Phi) is 6.67. The summed E-state index contributed by atoms with van der Waals surface area (Å²) in [6, 6.07) is 0. The normalized spacial score (nSPS) is 40.2. The maximum atomic E-state index is 13.1. The molecule has 0 radical (unpaired) electrons. The average Bonchev–Trinajstić information content (AvgIpc) is 2.63. The zero-order valence-corrected chi connectivity index (χ0v) is 20.2. The first-order chi connectivity index (χ1) is 14.9. The molecule has 0 amide bonds. The Labute approximate surface area is 191 Å². The molecule has 1 N–H and O–H groups in total. The minimum absolute atomic E-state index is 0.493. The second-order valence-electron chi connectivity index (χ2n) is 11.7. The van der Waals surface area contributed by atoms with Gasteiger partial charge in [0, 0.05) is 0 Å². The molecule has 4 unspecified atom stereocenters.